The van der Waals surface area contributed by atoms with Crippen LogP contribution >= 0.6 is 27.5 Å². The topological polar surface area (TPSA) is 62.3 Å². The third-order valence-electron chi connectivity index (χ3n) is 3.56. The molecule has 0 saturated heterocycles. The molecule has 1 aliphatic heterocycles. The van der Waals surface area contributed by atoms with Gasteiger partial charge in [0.05, 0.1) is 10.5 Å². The number of halogens is 2. The fourth-order valence-electron chi connectivity index (χ4n) is 2.18. The number of amides is 2. The number of anilines is 1. The summed E-state index contributed by atoms with van der Waals surface area (Å²) in [4.78, 5) is 28.5. The van der Waals surface area contributed by atoms with Gasteiger partial charge >= 0.3 is 0 Å². The van der Waals surface area contributed by atoms with Crippen LogP contribution in [-0.2, 0) is 9.59 Å². The average Bonchev–Trinajstić information content (AvgIpc) is 2.65. The van der Waals surface area contributed by atoms with Crippen molar-refractivity contribution in [2.75, 3.05) is 5.43 Å². The normalized spacial score (nSPS) is 15.2. The zero-order valence-electron chi connectivity index (χ0n) is 11.8. The van der Waals surface area contributed by atoms with E-state index in [1.54, 1.807) is 19.9 Å². The van der Waals surface area contributed by atoms with Crippen molar-refractivity contribution >= 4 is 56.1 Å². The van der Waals surface area contributed by atoms with Crippen LogP contribution < -0.4 is 5.43 Å². The average molecular weight is 381 g/mol. The van der Waals surface area contributed by atoms with Gasteiger partial charge in [-0.2, -0.15) is 5.01 Å². The molecule has 0 fully saturated rings. The van der Waals surface area contributed by atoms with Crippen LogP contribution in [0.4, 0.5) is 5.82 Å². The summed E-state index contributed by atoms with van der Waals surface area (Å²) < 4.78 is 0.863. The summed E-state index contributed by atoms with van der Waals surface area (Å²) in [6.07, 6.45) is 0. The highest BCUT2D eigenvalue weighted by Gasteiger charge is 2.34. The minimum Gasteiger partial charge on any atom is -0.271 e. The molecule has 7 heteroatoms. The molecule has 1 aromatic heterocycles. The largest absolute Gasteiger partial charge is 0.275 e. The Labute approximate surface area is 140 Å². The van der Waals surface area contributed by atoms with Gasteiger partial charge in [-0.05, 0) is 26.0 Å². The van der Waals surface area contributed by atoms with Gasteiger partial charge in [-0.15, -0.1) is 0 Å². The molecule has 0 unspecified atom stereocenters. The van der Waals surface area contributed by atoms with E-state index >= 15 is 0 Å². The maximum Gasteiger partial charge on any atom is 0.275 e. The van der Waals surface area contributed by atoms with Crippen molar-refractivity contribution in [3.63, 3.8) is 0 Å². The summed E-state index contributed by atoms with van der Waals surface area (Å²) in [5, 5.41) is 2.23. The minimum atomic E-state index is -0.380. The molecule has 0 radical (unpaired) electrons. The number of pyridine rings is 1. The Morgan fingerprint density at radius 1 is 1.14 bits per heavy atom. The monoisotopic (exact) mass is 379 g/mol. The highest BCUT2D eigenvalue weighted by molar-refractivity contribution is 9.10. The maximum atomic E-state index is 12.0. The van der Waals surface area contributed by atoms with E-state index in [2.05, 4.69) is 26.3 Å². The number of imide groups is 1. The third kappa shape index (κ3) is 2.38. The molecule has 3 rings (SSSR count). The van der Waals surface area contributed by atoms with E-state index in [0.29, 0.717) is 27.5 Å². The summed E-state index contributed by atoms with van der Waals surface area (Å²) in [7, 11) is 0. The summed E-state index contributed by atoms with van der Waals surface area (Å²) in [5.74, 6) is -0.427. The molecule has 5 nitrogen and oxygen atoms in total. The third-order valence-corrected chi connectivity index (χ3v) is 4.36. The van der Waals surface area contributed by atoms with Crippen LogP contribution in [-0.4, -0.2) is 21.8 Å². The van der Waals surface area contributed by atoms with Gasteiger partial charge < -0.3 is 0 Å². The second-order valence-electron chi connectivity index (χ2n) is 4.96. The van der Waals surface area contributed by atoms with Crippen molar-refractivity contribution in [2.45, 2.75) is 13.8 Å². The first-order valence-corrected chi connectivity index (χ1v) is 7.64. The Morgan fingerprint density at radius 2 is 1.77 bits per heavy atom. The van der Waals surface area contributed by atoms with E-state index in [1.165, 1.54) is 0 Å². The fraction of sp³-hybridized carbons (Fsp3) is 0.133. The molecule has 2 aromatic rings. The quantitative estimate of drug-likeness (QED) is 0.807. The molecule has 0 aliphatic carbocycles. The van der Waals surface area contributed by atoms with Crippen LogP contribution in [0.3, 0.4) is 0 Å². The number of hydrazine groups is 1. The van der Waals surface area contributed by atoms with Crippen LogP contribution in [0.5, 0.6) is 0 Å². The van der Waals surface area contributed by atoms with Gasteiger partial charge in [0, 0.05) is 27.1 Å². The number of nitrogens with zero attached hydrogens (tertiary/aromatic N) is 2. The number of hydrogen-bond acceptors (Lipinski definition) is 4. The molecule has 2 amide bonds. The van der Waals surface area contributed by atoms with Crippen molar-refractivity contribution in [3.8, 4) is 0 Å². The van der Waals surface area contributed by atoms with Crippen LogP contribution in [0.2, 0.25) is 5.02 Å². The number of nitrogens with one attached hydrogen (secondary N) is 1. The Kier molecular flexibility index (Phi) is 3.66. The van der Waals surface area contributed by atoms with Crippen LogP contribution in [0.25, 0.3) is 10.9 Å². The molecule has 112 valence electrons. The number of fused-ring (bicyclic) bond motifs is 1. The molecule has 1 aliphatic rings. The van der Waals surface area contributed by atoms with Crippen molar-refractivity contribution in [1.29, 1.82) is 0 Å². The Bertz CT molecular complexity index is 839. The van der Waals surface area contributed by atoms with Crippen molar-refractivity contribution in [1.82, 2.24) is 9.99 Å². The first kappa shape index (κ1) is 15.0. The molecular weight excluding hydrogens is 370 g/mol. The van der Waals surface area contributed by atoms with E-state index in [0.717, 1.165) is 14.9 Å². The summed E-state index contributed by atoms with van der Waals surface area (Å²) >= 11 is 9.61. The van der Waals surface area contributed by atoms with E-state index < -0.39 is 0 Å². The zero-order valence-corrected chi connectivity index (χ0v) is 14.1. The molecule has 0 bridgehead atoms. The predicted octanol–water partition coefficient (Wildman–Crippen LogP) is 3.68. The zero-order chi connectivity index (χ0) is 16.0. The van der Waals surface area contributed by atoms with Crippen molar-refractivity contribution in [3.05, 3.63) is 44.9 Å². The van der Waals surface area contributed by atoms with E-state index in [1.807, 2.05) is 18.2 Å². The van der Waals surface area contributed by atoms with Gasteiger partial charge in [0.15, 0.2) is 0 Å². The minimum absolute atomic E-state index is 0.333. The second-order valence-corrected chi connectivity index (χ2v) is 6.28. The number of benzene rings is 1. The number of carbonyl (C=O) groups excluding carboxylic acids is 2. The van der Waals surface area contributed by atoms with Crippen molar-refractivity contribution < 1.29 is 9.59 Å². The van der Waals surface area contributed by atoms with Gasteiger partial charge in [-0.1, -0.05) is 33.6 Å². The molecule has 1 N–H and O–H groups in total. The smallest absolute Gasteiger partial charge is 0.271 e. The van der Waals surface area contributed by atoms with Gasteiger partial charge in [0.25, 0.3) is 11.8 Å². The van der Waals surface area contributed by atoms with E-state index in [4.69, 9.17) is 11.6 Å². The van der Waals surface area contributed by atoms with Gasteiger partial charge in [0.2, 0.25) is 0 Å². The predicted molar refractivity (Wildman–Crippen MR) is 88.3 cm³/mol. The first-order valence-electron chi connectivity index (χ1n) is 6.47. The summed E-state index contributed by atoms with van der Waals surface area (Å²) in [5.41, 5.74) is 4.24. The van der Waals surface area contributed by atoms with Crippen LogP contribution in [0.15, 0.2) is 39.9 Å². The number of hydrogen-bond donors (Lipinski definition) is 1. The fourth-order valence-corrected chi connectivity index (χ4v) is 2.79. The molecule has 22 heavy (non-hydrogen) atoms. The standard InChI is InChI=1S/C15H11BrClN3O2/c1-7-8(2)15(22)20(14(7)21)19-13-6-11(17)10-4-3-9(16)5-12(10)18-13/h3-6H,1-2H3,(H,18,19). The molecule has 0 saturated carbocycles. The molecular formula is C15H11BrClN3O2. The number of rotatable bonds is 2. The molecule has 0 atom stereocenters. The van der Waals surface area contributed by atoms with Crippen molar-refractivity contribution in [2.24, 2.45) is 0 Å². The highest BCUT2D eigenvalue weighted by atomic mass is 79.9. The second kappa shape index (κ2) is 5.37. The van der Waals surface area contributed by atoms with Gasteiger partial charge in [-0.3, -0.25) is 15.0 Å². The van der Waals surface area contributed by atoms with Gasteiger partial charge in [0.1, 0.15) is 5.82 Å². The van der Waals surface area contributed by atoms with Crippen LogP contribution in [0, 0.1) is 0 Å². The Balaban J connectivity index is 1.99. The summed E-state index contributed by atoms with van der Waals surface area (Å²) in [6.45, 7) is 3.24. The first-order chi connectivity index (χ1) is 10.4. The molecule has 2 heterocycles. The maximum absolute atomic E-state index is 12.0. The van der Waals surface area contributed by atoms with E-state index in [-0.39, 0.29) is 11.8 Å². The molecule has 0 spiro atoms. The lowest BCUT2D eigenvalue weighted by Crippen LogP contribution is -2.37. The SMILES string of the molecule is CC1=C(C)C(=O)N(Nc2cc(Cl)c3ccc(Br)cc3n2)C1=O. The summed E-state index contributed by atoms with van der Waals surface area (Å²) in [6, 6.07) is 7.11. The van der Waals surface area contributed by atoms with Crippen LogP contribution in [0.1, 0.15) is 13.8 Å². The Hall–Kier alpha value is -1.92. The lowest BCUT2D eigenvalue weighted by atomic mass is 10.2. The number of carbonyl (C=O) groups is 2. The van der Waals surface area contributed by atoms with Gasteiger partial charge in [-0.25, -0.2) is 4.98 Å². The van der Waals surface area contributed by atoms with E-state index in [9.17, 15) is 9.59 Å². The highest BCUT2D eigenvalue weighted by Crippen LogP contribution is 2.28. The lowest BCUT2D eigenvalue weighted by Gasteiger charge is -2.17. The Morgan fingerprint density at radius 3 is 2.41 bits per heavy atom. The lowest BCUT2D eigenvalue weighted by molar-refractivity contribution is -0.135. The molecule has 1 aromatic carbocycles. The number of aromatic nitrogens is 1.